The van der Waals surface area contributed by atoms with Crippen molar-refractivity contribution in [2.45, 2.75) is 62.6 Å². The van der Waals surface area contributed by atoms with E-state index in [1.807, 2.05) is 19.1 Å². The number of hydrogen-bond donors (Lipinski definition) is 0. The van der Waals surface area contributed by atoms with Crippen LogP contribution in [0.2, 0.25) is 0 Å². The molecule has 5 rings (SSSR count). The van der Waals surface area contributed by atoms with Gasteiger partial charge in [-0.1, -0.05) is 37.1 Å². The first-order valence-corrected chi connectivity index (χ1v) is 14.1. The number of aryl methyl sites for hydroxylation is 1. The fraction of sp³-hybridized carbons (Fsp3) is 0.387. The summed E-state index contributed by atoms with van der Waals surface area (Å²) in [5.41, 5.74) is 4.74. The zero-order valence-electron chi connectivity index (χ0n) is 22.1. The van der Waals surface area contributed by atoms with E-state index in [0.29, 0.717) is 12.4 Å². The summed E-state index contributed by atoms with van der Waals surface area (Å²) in [6, 6.07) is 17.8. The Kier molecular flexibility index (Phi) is 7.96. The van der Waals surface area contributed by atoms with E-state index in [1.165, 1.54) is 24.0 Å². The lowest BCUT2D eigenvalue weighted by molar-refractivity contribution is -0.145. The molecular weight excluding hydrogens is 523 g/mol. The van der Waals surface area contributed by atoms with Crippen molar-refractivity contribution in [2.24, 2.45) is 0 Å². The van der Waals surface area contributed by atoms with Gasteiger partial charge in [0.05, 0.1) is 12.2 Å². The topological polar surface area (TPSA) is 38.8 Å². The summed E-state index contributed by atoms with van der Waals surface area (Å²) in [5.74, 6) is 0.268. The van der Waals surface area contributed by atoms with E-state index < -0.39 is 11.7 Å². The Hall–Kier alpha value is -2.97. The first-order chi connectivity index (χ1) is 18.7. The second-order valence-corrected chi connectivity index (χ2v) is 11.5. The molecule has 206 valence electrons. The number of halogens is 3. The monoisotopic (exact) mass is 555 g/mol. The van der Waals surface area contributed by atoms with E-state index in [4.69, 9.17) is 9.47 Å². The molecule has 1 spiro atoms. The number of fused-ring (bicyclic) bond motifs is 2. The third-order valence-corrected chi connectivity index (χ3v) is 8.62. The Morgan fingerprint density at radius 1 is 1.00 bits per heavy atom. The van der Waals surface area contributed by atoms with E-state index in [-0.39, 0.29) is 18.0 Å². The van der Waals surface area contributed by atoms with E-state index in [9.17, 15) is 18.0 Å². The van der Waals surface area contributed by atoms with Crippen molar-refractivity contribution in [2.75, 3.05) is 19.8 Å². The summed E-state index contributed by atoms with van der Waals surface area (Å²) >= 11 is 1.71. The maximum absolute atomic E-state index is 13.1. The van der Waals surface area contributed by atoms with Crippen molar-refractivity contribution >= 4 is 17.9 Å². The summed E-state index contributed by atoms with van der Waals surface area (Å²) in [6.45, 7) is 5.63. The first kappa shape index (κ1) is 27.6. The fourth-order valence-corrected chi connectivity index (χ4v) is 6.99. The van der Waals surface area contributed by atoms with Gasteiger partial charge < -0.3 is 9.47 Å². The minimum atomic E-state index is -4.34. The number of rotatable bonds is 7. The molecule has 1 heterocycles. The molecule has 0 radical (unpaired) electrons. The third kappa shape index (κ3) is 6.12. The molecule has 1 saturated carbocycles. The number of esters is 1. The lowest BCUT2D eigenvalue weighted by Crippen LogP contribution is -2.41. The molecule has 1 fully saturated rings. The molecule has 39 heavy (non-hydrogen) atoms. The standard InChI is InChI=1S/C31H32F3NO3S/c1-3-37-29(36)19-38-28-13-11-26(16-21(28)2)39-35-18-24-17-23(22-6-9-25(10-7-22)31(32,33)34)8-12-27(24)30(20-35)14-4-5-15-30/h6-13,16-17H,3-5,14-15,18-20H2,1-2H3. The van der Waals surface area contributed by atoms with Crippen LogP contribution in [-0.4, -0.2) is 30.0 Å². The Morgan fingerprint density at radius 2 is 1.72 bits per heavy atom. The van der Waals surface area contributed by atoms with Gasteiger partial charge in [-0.3, -0.25) is 0 Å². The highest BCUT2D eigenvalue weighted by Crippen LogP contribution is 2.49. The Balaban J connectivity index is 1.36. The van der Waals surface area contributed by atoms with Gasteiger partial charge in [-0.2, -0.15) is 13.2 Å². The van der Waals surface area contributed by atoms with Crippen LogP contribution in [0.4, 0.5) is 13.2 Å². The van der Waals surface area contributed by atoms with E-state index >= 15 is 0 Å². The van der Waals surface area contributed by atoms with Crippen LogP contribution in [0.5, 0.6) is 5.75 Å². The number of ether oxygens (including phenoxy) is 2. The molecule has 0 bridgehead atoms. The van der Waals surface area contributed by atoms with Crippen LogP contribution in [0.3, 0.4) is 0 Å². The van der Waals surface area contributed by atoms with E-state index in [0.717, 1.165) is 59.6 Å². The van der Waals surface area contributed by atoms with Crippen molar-refractivity contribution in [3.8, 4) is 16.9 Å². The molecule has 0 atom stereocenters. The molecular formula is C31H32F3NO3S. The van der Waals surface area contributed by atoms with Crippen molar-refractivity contribution < 1.29 is 27.4 Å². The molecule has 0 saturated heterocycles. The summed E-state index contributed by atoms with van der Waals surface area (Å²) < 4.78 is 52.1. The maximum atomic E-state index is 13.1. The summed E-state index contributed by atoms with van der Waals surface area (Å²) in [6.07, 6.45) is 0.325. The van der Waals surface area contributed by atoms with E-state index in [1.54, 1.807) is 31.0 Å². The molecule has 1 aliphatic carbocycles. The second-order valence-electron chi connectivity index (χ2n) is 10.3. The molecule has 0 unspecified atom stereocenters. The lowest BCUT2D eigenvalue weighted by atomic mass is 9.74. The van der Waals surface area contributed by atoms with Crippen LogP contribution in [0, 0.1) is 6.92 Å². The van der Waals surface area contributed by atoms with Gasteiger partial charge in [0.1, 0.15) is 5.75 Å². The Bertz CT molecular complexity index is 1330. The summed E-state index contributed by atoms with van der Waals surface area (Å²) in [5, 5.41) is 0. The molecule has 8 heteroatoms. The summed E-state index contributed by atoms with van der Waals surface area (Å²) in [7, 11) is 0. The van der Waals surface area contributed by atoms with Gasteiger partial charge in [0, 0.05) is 23.4 Å². The highest BCUT2D eigenvalue weighted by molar-refractivity contribution is 7.97. The molecule has 0 amide bonds. The molecule has 4 nitrogen and oxygen atoms in total. The quantitative estimate of drug-likeness (QED) is 0.218. The van der Waals surface area contributed by atoms with E-state index in [2.05, 4.69) is 28.6 Å². The van der Waals surface area contributed by atoms with Crippen LogP contribution < -0.4 is 4.74 Å². The first-order valence-electron chi connectivity index (χ1n) is 13.3. The SMILES string of the molecule is CCOC(=O)COc1ccc(SN2Cc3cc(-c4ccc(C(F)(F)F)cc4)ccc3C3(CCCC3)C2)cc1C. The van der Waals surface area contributed by atoms with Crippen molar-refractivity contribution in [1.29, 1.82) is 0 Å². The van der Waals surface area contributed by atoms with Gasteiger partial charge in [-0.15, -0.1) is 0 Å². The Morgan fingerprint density at radius 3 is 2.38 bits per heavy atom. The average molecular weight is 556 g/mol. The zero-order valence-corrected chi connectivity index (χ0v) is 23.0. The minimum Gasteiger partial charge on any atom is -0.482 e. The zero-order chi connectivity index (χ0) is 27.6. The van der Waals surface area contributed by atoms with Gasteiger partial charge in [-0.25, -0.2) is 9.10 Å². The molecule has 3 aromatic carbocycles. The number of hydrogen-bond acceptors (Lipinski definition) is 5. The molecule has 2 aliphatic rings. The van der Waals surface area contributed by atoms with Crippen LogP contribution >= 0.6 is 11.9 Å². The van der Waals surface area contributed by atoms with Crippen LogP contribution in [0.15, 0.2) is 65.6 Å². The number of carbonyl (C=O) groups excluding carboxylic acids is 1. The Labute approximate surface area is 231 Å². The highest BCUT2D eigenvalue weighted by Gasteiger charge is 2.42. The number of benzene rings is 3. The van der Waals surface area contributed by atoms with Crippen LogP contribution in [-0.2, 0) is 27.7 Å². The third-order valence-electron chi connectivity index (χ3n) is 7.64. The number of alkyl halides is 3. The molecule has 0 N–H and O–H groups in total. The van der Waals surface area contributed by atoms with Gasteiger partial charge in [0.25, 0.3) is 0 Å². The molecule has 1 aliphatic heterocycles. The highest BCUT2D eigenvalue weighted by atomic mass is 32.2. The minimum absolute atomic E-state index is 0.0942. The smallest absolute Gasteiger partial charge is 0.416 e. The largest absolute Gasteiger partial charge is 0.482 e. The van der Waals surface area contributed by atoms with Crippen molar-refractivity contribution in [3.05, 3.63) is 82.9 Å². The van der Waals surface area contributed by atoms with Crippen LogP contribution in [0.25, 0.3) is 11.1 Å². The van der Waals surface area contributed by atoms with Gasteiger partial charge in [-0.05, 0) is 103 Å². The normalized spacial score (nSPS) is 16.7. The van der Waals surface area contributed by atoms with Crippen LogP contribution in [0.1, 0.15) is 54.9 Å². The van der Waals surface area contributed by atoms with Crippen molar-refractivity contribution in [3.63, 3.8) is 0 Å². The fourth-order valence-electron chi connectivity index (χ4n) is 5.81. The summed E-state index contributed by atoms with van der Waals surface area (Å²) in [4.78, 5) is 12.7. The maximum Gasteiger partial charge on any atom is 0.416 e. The second kappa shape index (κ2) is 11.3. The number of nitrogens with zero attached hydrogens (tertiary/aromatic N) is 1. The molecule has 3 aromatic rings. The average Bonchev–Trinajstić information content (AvgIpc) is 3.36. The van der Waals surface area contributed by atoms with Gasteiger partial charge in [0.15, 0.2) is 6.61 Å². The number of carbonyl (C=O) groups is 1. The molecule has 0 aromatic heterocycles. The van der Waals surface area contributed by atoms with Crippen molar-refractivity contribution in [1.82, 2.24) is 4.31 Å². The predicted molar refractivity (Wildman–Crippen MR) is 147 cm³/mol. The van der Waals surface area contributed by atoms with Gasteiger partial charge in [0.2, 0.25) is 0 Å². The lowest BCUT2D eigenvalue weighted by Gasteiger charge is -2.42. The van der Waals surface area contributed by atoms with Gasteiger partial charge >= 0.3 is 12.1 Å². The predicted octanol–water partition coefficient (Wildman–Crippen LogP) is 7.96.